The average molecular weight is 700 g/mol. The smallest absolute Gasteiger partial charge is 0.390 e. The lowest BCUT2D eigenvalue weighted by Gasteiger charge is -2.46. The van der Waals surface area contributed by atoms with Gasteiger partial charge in [0.25, 0.3) is 0 Å². The van der Waals surface area contributed by atoms with Gasteiger partial charge in [-0.15, -0.1) is 0 Å². The maximum Gasteiger partial charge on any atom is 0.460 e. The van der Waals surface area contributed by atoms with E-state index in [0.717, 1.165) is 0 Å². The molecule has 0 unspecified atom stereocenters. The highest BCUT2D eigenvalue weighted by Crippen LogP contribution is 2.68. The molecule has 1 nitrogen and oxygen atoms in total. The van der Waals surface area contributed by atoms with Crippen LogP contribution in [0.4, 0.5) is 119 Å². The molecular weight excluding hydrogens is 697 g/mol. The van der Waals surface area contributed by atoms with E-state index < -0.39 is 83.9 Å². The first-order valence-corrected chi connectivity index (χ1v) is 8.77. The third kappa shape index (κ3) is 4.40. The van der Waals surface area contributed by atoms with Crippen molar-refractivity contribution in [1.82, 2.24) is 0 Å². The number of hydrogen-bond acceptors (Lipinski definition) is 1. The van der Waals surface area contributed by atoms with Crippen molar-refractivity contribution in [1.29, 1.82) is 0 Å². The molecule has 0 spiro atoms. The Labute approximate surface area is 209 Å². The van der Waals surface area contributed by atoms with Crippen LogP contribution in [0.15, 0.2) is 0 Å². The second-order valence-electron chi connectivity index (χ2n) is 7.68. The molecule has 1 N–H and O–H groups in total. The molecular formula is C14H3F27O. The fraction of sp³-hybridized carbons (Fsp3) is 1.00. The standard InChI is InChI=1S/C14H3F27O/c15-2(16,1-42)3(17,18)4(19,20)5(21,22)6(23,24)7(25,26)8(27,28)9(29,30)10(31,32)11(33,34)12(35,36)13(37,38)14(39,40)41/h42H,1H2. The zero-order valence-electron chi connectivity index (χ0n) is 17.9. The number of aliphatic hydroxyl groups excluding tert-OH is 1. The van der Waals surface area contributed by atoms with E-state index in [2.05, 4.69) is 0 Å². The van der Waals surface area contributed by atoms with Crippen LogP contribution in [0, 0.1) is 0 Å². The molecule has 0 aromatic rings. The summed E-state index contributed by atoms with van der Waals surface area (Å²) in [5.41, 5.74) is 0. The summed E-state index contributed by atoms with van der Waals surface area (Å²) in [4.78, 5) is 0. The van der Waals surface area contributed by atoms with Gasteiger partial charge in [-0.2, -0.15) is 119 Å². The maximum absolute atomic E-state index is 13.5. The summed E-state index contributed by atoms with van der Waals surface area (Å²) in [6, 6.07) is 0. The molecule has 0 bridgehead atoms. The van der Waals surface area contributed by atoms with Crippen LogP contribution < -0.4 is 0 Å². The fourth-order valence-electron chi connectivity index (χ4n) is 2.28. The first kappa shape index (κ1) is 40.1. The van der Waals surface area contributed by atoms with Gasteiger partial charge in [0.15, 0.2) is 0 Å². The van der Waals surface area contributed by atoms with Crippen molar-refractivity contribution in [2.75, 3.05) is 6.61 Å². The highest BCUT2D eigenvalue weighted by atomic mass is 19.4. The van der Waals surface area contributed by atoms with Gasteiger partial charge in [0.2, 0.25) is 0 Å². The van der Waals surface area contributed by atoms with Gasteiger partial charge >= 0.3 is 77.2 Å². The van der Waals surface area contributed by atoms with E-state index >= 15 is 0 Å². The third-order valence-electron chi connectivity index (χ3n) is 4.96. The van der Waals surface area contributed by atoms with Gasteiger partial charge in [-0.25, -0.2) is 0 Å². The summed E-state index contributed by atoms with van der Waals surface area (Å²) in [7, 11) is 0. The fourth-order valence-corrected chi connectivity index (χ4v) is 2.28. The molecule has 0 saturated heterocycles. The highest BCUT2D eigenvalue weighted by molar-refractivity contribution is 5.20. The minimum absolute atomic E-state index is 3.81. The van der Waals surface area contributed by atoms with Crippen LogP contribution in [0.2, 0.25) is 0 Å². The highest BCUT2D eigenvalue weighted by Gasteiger charge is 3.00. The van der Waals surface area contributed by atoms with E-state index in [0.29, 0.717) is 0 Å². The molecule has 0 aliphatic heterocycles. The molecule has 254 valence electrons. The Balaban J connectivity index is 7.43. The molecule has 0 radical (unpaired) electrons. The van der Waals surface area contributed by atoms with Crippen molar-refractivity contribution in [2.45, 2.75) is 77.2 Å². The monoisotopic (exact) mass is 700 g/mol. The van der Waals surface area contributed by atoms with Crippen LogP contribution >= 0.6 is 0 Å². The van der Waals surface area contributed by atoms with Crippen molar-refractivity contribution < 1.29 is 124 Å². The average Bonchev–Trinajstić information content (AvgIpc) is 2.76. The minimum Gasteiger partial charge on any atom is -0.390 e. The topological polar surface area (TPSA) is 20.2 Å². The SMILES string of the molecule is OCC(F)(F)C(F)(F)C(F)(F)C(F)(F)C(F)(F)C(F)(F)C(F)(F)C(F)(F)C(F)(F)C(F)(F)C(F)(F)C(F)(F)C(F)(F)F. The van der Waals surface area contributed by atoms with Crippen LogP contribution in [0.1, 0.15) is 0 Å². The van der Waals surface area contributed by atoms with Gasteiger partial charge in [-0.3, -0.25) is 0 Å². The van der Waals surface area contributed by atoms with Gasteiger partial charge in [0, 0.05) is 0 Å². The lowest BCUT2D eigenvalue weighted by Crippen LogP contribution is -2.78. The zero-order chi connectivity index (χ0) is 35.2. The van der Waals surface area contributed by atoms with Crippen LogP contribution in [0.5, 0.6) is 0 Å². The summed E-state index contributed by atoms with van der Waals surface area (Å²) in [6.07, 6.45) is -8.24. The van der Waals surface area contributed by atoms with E-state index in [4.69, 9.17) is 5.11 Å². The largest absolute Gasteiger partial charge is 0.460 e. The predicted molar refractivity (Wildman–Crippen MR) is 72.5 cm³/mol. The van der Waals surface area contributed by atoms with Crippen LogP contribution in [-0.4, -0.2) is 89.0 Å². The maximum atomic E-state index is 13.5. The first-order valence-electron chi connectivity index (χ1n) is 8.77. The zero-order valence-corrected chi connectivity index (χ0v) is 17.9. The number of rotatable bonds is 12. The summed E-state index contributed by atoms with van der Waals surface area (Å²) < 4.78 is 354. The van der Waals surface area contributed by atoms with E-state index in [-0.39, 0.29) is 0 Å². The van der Waals surface area contributed by atoms with Gasteiger partial charge in [0.05, 0.1) is 0 Å². The Morgan fingerprint density at radius 1 is 0.238 bits per heavy atom. The number of alkyl halides is 27. The Kier molecular flexibility index (Phi) is 9.10. The molecule has 28 heteroatoms. The molecule has 0 heterocycles. The quantitative estimate of drug-likeness (QED) is 0.204. The van der Waals surface area contributed by atoms with Crippen molar-refractivity contribution in [3.63, 3.8) is 0 Å². The minimum atomic E-state index is -9.78. The van der Waals surface area contributed by atoms with E-state index in [1.165, 1.54) is 0 Å². The number of aliphatic hydroxyl groups is 1. The Bertz CT molecular complexity index is 983. The number of halogens is 27. The van der Waals surface area contributed by atoms with Crippen molar-refractivity contribution in [3.05, 3.63) is 0 Å². The Morgan fingerprint density at radius 3 is 0.524 bits per heavy atom. The van der Waals surface area contributed by atoms with Crippen LogP contribution in [-0.2, 0) is 0 Å². The summed E-state index contributed by atoms with van der Waals surface area (Å²) in [6.45, 7) is -3.81. The van der Waals surface area contributed by atoms with Crippen molar-refractivity contribution in [2.24, 2.45) is 0 Å². The summed E-state index contributed by atoms with van der Waals surface area (Å²) >= 11 is 0. The van der Waals surface area contributed by atoms with Crippen molar-refractivity contribution >= 4 is 0 Å². The second kappa shape index (κ2) is 9.53. The van der Waals surface area contributed by atoms with Crippen LogP contribution in [0.3, 0.4) is 0 Å². The lowest BCUT2D eigenvalue weighted by atomic mass is 9.84. The number of hydrogen-bond donors (Lipinski definition) is 1. The van der Waals surface area contributed by atoms with E-state index in [1.807, 2.05) is 0 Å². The molecule has 0 aromatic heterocycles. The third-order valence-corrected chi connectivity index (χ3v) is 4.96. The second-order valence-corrected chi connectivity index (χ2v) is 7.68. The Hall–Kier alpha value is -1.93. The summed E-state index contributed by atoms with van der Waals surface area (Å²) in [5.74, 6) is -110. The predicted octanol–water partition coefficient (Wildman–Crippen LogP) is 8.16. The molecule has 0 aromatic carbocycles. The molecule has 0 amide bonds. The lowest BCUT2D eigenvalue weighted by molar-refractivity contribution is -0.485. The van der Waals surface area contributed by atoms with Gasteiger partial charge in [-0.1, -0.05) is 0 Å². The van der Waals surface area contributed by atoms with Crippen LogP contribution in [0.25, 0.3) is 0 Å². The molecule has 0 saturated carbocycles. The van der Waals surface area contributed by atoms with E-state index in [1.54, 1.807) is 0 Å². The molecule has 42 heavy (non-hydrogen) atoms. The van der Waals surface area contributed by atoms with Crippen molar-refractivity contribution in [3.8, 4) is 0 Å². The molecule has 0 rings (SSSR count). The van der Waals surface area contributed by atoms with Gasteiger partial charge < -0.3 is 5.11 Å². The molecule has 0 atom stereocenters. The Morgan fingerprint density at radius 2 is 0.381 bits per heavy atom. The molecule has 0 fully saturated rings. The van der Waals surface area contributed by atoms with E-state index in [9.17, 15) is 119 Å². The first-order chi connectivity index (χ1) is 17.6. The molecule has 0 aliphatic rings. The summed E-state index contributed by atoms with van der Waals surface area (Å²) in [5, 5.41) is 7.79. The van der Waals surface area contributed by atoms with Gasteiger partial charge in [0.1, 0.15) is 6.61 Å². The molecule has 0 aliphatic carbocycles. The van der Waals surface area contributed by atoms with Gasteiger partial charge in [-0.05, 0) is 0 Å². The normalized spacial score (nSPS) is 17.1.